The van der Waals surface area contributed by atoms with Crippen LogP contribution in [0.5, 0.6) is 0 Å². The minimum absolute atomic E-state index is 0.546. The maximum Gasteiger partial charge on any atom is 0.180 e. The van der Waals surface area contributed by atoms with Crippen molar-refractivity contribution in [1.29, 1.82) is 0 Å². The van der Waals surface area contributed by atoms with Gasteiger partial charge in [0.1, 0.15) is 0 Å². The molecule has 0 aromatic heterocycles. The minimum Gasteiger partial charge on any atom is -0.171 e. The second kappa shape index (κ2) is 3.63. The van der Waals surface area contributed by atoms with Gasteiger partial charge in [0.15, 0.2) is 8.83 Å². The number of halogens is 1. The van der Waals surface area contributed by atoms with Crippen LogP contribution in [0.1, 0.15) is 29.5 Å². The Labute approximate surface area is 80.5 Å². The molecule has 12 heavy (non-hydrogen) atoms. The molecule has 1 aromatic carbocycles. The molecule has 0 N–H and O–H groups in total. The molecule has 0 amide bonds. The van der Waals surface area contributed by atoms with Gasteiger partial charge in [-0.3, -0.25) is 0 Å². The van der Waals surface area contributed by atoms with Gasteiger partial charge in [0, 0.05) is 0 Å². The lowest BCUT2D eigenvalue weighted by Gasteiger charge is -2.22. The first-order chi connectivity index (χ1) is 5.92. The van der Waals surface area contributed by atoms with Gasteiger partial charge in [-0.2, -0.15) is 11.1 Å². The first kappa shape index (κ1) is 8.33. The molecule has 1 aliphatic carbocycles. The zero-order valence-electron chi connectivity index (χ0n) is 6.89. The summed E-state index contributed by atoms with van der Waals surface area (Å²) in [5.74, 6) is 0. The van der Waals surface area contributed by atoms with Crippen molar-refractivity contribution in [2.45, 2.75) is 24.8 Å². The molecule has 1 atom stereocenters. The SMILES string of the molecule is Cl[Si]C1CCCc2ccccc21. The first-order valence-electron chi connectivity index (χ1n) is 4.36. The van der Waals surface area contributed by atoms with Crippen molar-refractivity contribution in [2.75, 3.05) is 0 Å². The highest BCUT2D eigenvalue weighted by Gasteiger charge is 2.18. The van der Waals surface area contributed by atoms with Gasteiger partial charge in [0.2, 0.25) is 0 Å². The Morgan fingerprint density at radius 1 is 1.33 bits per heavy atom. The summed E-state index contributed by atoms with van der Waals surface area (Å²) in [6.45, 7) is 0. The van der Waals surface area contributed by atoms with E-state index in [1.54, 1.807) is 0 Å². The van der Waals surface area contributed by atoms with Crippen LogP contribution in [0.15, 0.2) is 24.3 Å². The third kappa shape index (κ3) is 1.43. The predicted octanol–water partition coefficient (Wildman–Crippen LogP) is 2.92. The summed E-state index contributed by atoms with van der Waals surface area (Å²) in [5, 5.41) is 0. The van der Waals surface area contributed by atoms with Crippen molar-refractivity contribution in [3.8, 4) is 0 Å². The van der Waals surface area contributed by atoms with Crippen molar-refractivity contribution >= 4 is 19.9 Å². The molecule has 0 saturated heterocycles. The molecule has 2 radical (unpaired) electrons. The van der Waals surface area contributed by atoms with E-state index >= 15 is 0 Å². The average Bonchev–Trinajstić information content (AvgIpc) is 2.17. The Balaban J connectivity index is 2.37. The molecule has 2 heteroatoms. The minimum atomic E-state index is 0.546. The number of hydrogen-bond donors (Lipinski definition) is 0. The molecule has 0 aliphatic heterocycles. The Kier molecular flexibility index (Phi) is 2.52. The van der Waals surface area contributed by atoms with Gasteiger partial charge in [-0.1, -0.05) is 24.3 Å². The molecule has 1 aliphatic rings. The zero-order valence-corrected chi connectivity index (χ0v) is 8.64. The Morgan fingerprint density at radius 3 is 3.00 bits per heavy atom. The van der Waals surface area contributed by atoms with Crippen LogP contribution in [0.3, 0.4) is 0 Å². The molecule has 1 aromatic rings. The van der Waals surface area contributed by atoms with E-state index in [1.807, 2.05) is 0 Å². The van der Waals surface area contributed by atoms with Crippen LogP contribution in [-0.2, 0) is 6.42 Å². The lowest BCUT2D eigenvalue weighted by Crippen LogP contribution is -2.12. The van der Waals surface area contributed by atoms with Crippen LogP contribution in [0, 0.1) is 0 Å². The number of fused-ring (bicyclic) bond motifs is 1. The summed E-state index contributed by atoms with van der Waals surface area (Å²) >= 11 is 5.94. The van der Waals surface area contributed by atoms with E-state index in [2.05, 4.69) is 24.3 Å². The van der Waals surface area contributed by atoms with E-state index in [0.717, 1.165) is 0 Å². The largest absolute Gasteiger partial charge is 0.180 e. The third-order valence-corrected chi connectivity index (χ3v) is 4.15. The van der Waals surface area contributed by atoms with Crippen LogP contribution >= 0.6 is 11.1 Å². The number of benzene rings is 1. The Bertz CT molecular complexity index is 272. The summed E-state index contributed by atoms with van der Waals surface area (Å²) in [4.78, 5) is 0. The molecule has 62 valence electrons. The monoisotopic (exact) mass is 194 g/mol. The Hall–Kier alpha value is -0.273. The van der Waals surface area contributed by atoms with Crippen molar-refractivity contribution in [1.82, 2.24) is 0 Å². The normalized spacial score (nSPS) is 21.9. The molecule has 0 spiro atoms. The molecule has 0 heterocycles. The molecular formula is C10H11ClSi. The summed E-state index contributed by atoms with van der Waals surface area (Å²) < 4.78 is 0. The lowest BCUT2D eigenvalue weighted by atomic mass is 9.91. The van der Waals surface area contributed by atoms with Crippen LogP contribution in [0.2, 0.25) is 0 Å². The molecule has 1 unspecified atom stereocenters. The molecular weight excluding hydrogens is 184 g/mol. The van der Waals surface area contributed by atoms with Crippen LogP contribution in [0.25, 0.3) is 0 Å². The van der Waals surface area contributed by atoms with Gasteiger partial charge >= 0.3 is 0 Å². The van der Waals surface area contributed by atoms with Crippen LogP contribution in [-0.4, -0.2) is 8.83 Å². The van der Waals surface area contributed by atoms with E-state index in [4.69, 9.17) is 11.1 Å². The molecule has 0 bridgehead atoms. The number of hydrogen-bond acceptors (Lipinski definition) is 0. The summed E-state index contributed by atoms with van der Waals surface area (Å²) in [6.07, 6.45) is 3.83. The predicted molar refractivity (Wildman–Crippen MR) is 53.7 cm³/mol. The first-order valence-corrected chi connectivity index (χ1v) is 6.44. The van der Waals surface area contributed by atoms with E-state index < -0.39 is 0 Å². The van der Waals surface area contributed by atoms with E-state index in [9.17, 15) is 0 Å². The molecule has 0 nitrogen and oxygen atoms in total. The van der Waals surface area contributed by atoms with Gasteiger partial charge in [-0.05, 0) is 35.9 Å². The number of aryl methyl sites for hydroxylation is 1. The van der Waals surface area contributed by atoms with Gasteiger partial charge in [-0.25, -0.2) is 0 Å². The number of rotatable bonds is 1. The van der Waals surface area contributed by atoms with Gasteiger partial charge in [0.25, 0.3) is 0 Å². The van der Waals surface area contributed by atoms with Crippen LogP contribution < -0.4 is 0 Å². The molecule has 0 fully saturated rings. The fraction of sp³-hybridized carbons (Fsp3) is 0.400. The highest BCUT2D eigenvalue weighted by atomic mass is 35.6. The van der Waals surface area contributed by atoms with Crippen molar-refractivity contribution in [3.63, 3.8) is 0 Å². The molecule has 0 saturated carbocycles. The topological polar surface area (TPSA) is 0 Å². The summed E-state index contributed by atoms with van der Waals surface area (Å²) in [7, 11) is 0.546. The molecule has 2 rings (SSSR count). The summed E-state index contributed by atoms with van der Waals surface area (Å²) in [6, 6.07) is 8.71. The maximum atomic E-state index is 5.94. The third-order valence-electron chi connectivity index (χ3n) is 2.50. The highest BCUT2D eigenvalue weighted by molar-refractivity contribution is 6.94. The smallest absolute Gasteiger partial charge is 0.171 e. The average molecular weight is 195 g/mol. The second-order valence-electron chi connectivity index (χ2n) is 3.25. The maximum absolute atomic E-state index is 5.94. The van der Waals surface area contributed by atoms with Gasteiger partial charge in [0.05, 0.1) is 0 Å². The van der Waals surface area contributed by atoms with Crippen molar-refractivity contribution in [3.05, 3.63) is 35.4 Å². The summed E-state index contributed by atoms with van der Waals surface area (Å²) in [5.41, 5.74) is 3.65. The fourth-order valence-electron chi connectivity index (χ4n) is 1.87. The zero-order chi connectivity index (χ0) is 8.39. The van der Waals surface area contributed by atoms with Crippen LogP contribution in [0.4, 0.5) is 0 Å². The van der Waals surface area contributed by atoms with Gasteiger partial charge in [-0.15, -0.1) is 0 Å². The van der Waals surface area contributed by atoms with E-state index in [-0.39, 0.29) is 0 Å². The van der Waals surface area contributed by atoms with Gasteiger partial charge < -0.3 is 0 Å². The highest BCUT2D eigenvalue weighted by Crippen LogP contribution is 2.30. The quantitative estimate of drug-likeness (QED) is 0.477. The van der Waals surface area contributed by atoms with Crippen molar-refractivity contribution in [2.24, 2.45) is 0 Å². The standard InChI is InChI=1S/C10H11ClSi/c11-12-10-7-3-5-8-4-1-2-6-9(8)10/h1-2,4,6,10H,3,5,7H2. The lowest BCUT2D eigenvalue weighted by molar-refractivity contribution is 0.665. The van der Waals surface area contributed by atoms with E-state index in [0.29, 0.717) is 14.4 Å². The van der Waals surface area contributed by atoms with E-state index in [1.165, 1.54) is 30.4 Å². The Morgan fingerprint density at radius 2 is 2.17 bits per heavy atom. The fourth-order valence-corrected chi connectivity index (χ4v) is 3.26. The second-order valence-corrected chi connectivity index (χ2v) is 4.82. The van der Waals surface area contributed by atoms with Crippen molar-refractivity contribution < 1.29 is 0 Å².